The molecule has 0 radical (unpaired) electrons. The number of imidazole rings is 1. The van der Waals surface area contributed by atoms with Gasteiger partial charge in [-0.2, -0.15) is 13.2 Å². The third-order valence-electron chi connectivity index (χ3n) is 5.98. The van der Waals surface area contributed by atoms with Crippen molar-refractivity contribution in [3.05, 3.63) is 82.1 Å². The number of carbonyl (C=O) groups is 1. The summed E-state index contributed by atoms with van der Waals surface area (Å²) in [5.41, 5.74) is 0.284. The summed E-state index contributed by atoms with van der Waals surface area (Å²) in [6, 6.07) is 10.4. The van der Waals surface area contributed by atoms with Gasteiger partial charge in [0.1, 0.15) is 0 Å². The van der Waals surface area contributed by atoms with Gasteiger partial charge < -0.3 is 9.47 Å². The first-order valence-corrected chi connectivity index (χ1v) is 13.4. The molecule has 192 valence electrons. The Bertz CT molecular complexity index is 1370. The highest BCUT2D eigenvalue weighted by molar-refractivity contribution is 7.90. The lowest BCUT2D eigenvalue weighted by Crippen LogP contribution is -2.33. The second kappa shape index (κ2) is 9.89. The van der Waals surface area contributed by atoms with Gasteiger partial charge in [-0.05, 0) is 62.6 Å². The Hall–Kier alpha value is -2.85. The third kappa shape index (κ3) is 5.59. The van der Waals surface area contributed by atoms with Crippen molar-refractivity contribution in [2.45, 2.75) is 62.4 Å². The van der Waals surface area contributed by atoms with Crippen LogP contribution in [0.5, 0.6) is 0 Å². The number of carbonyl (C=O) groups excluding carboxylic acids is 1. The number of nitrogens with zero attached hydrogens (tertiary/aromatic N) is 3. The minimum atomic E-state index is -4.49. The summed E-state index contributed by atoms with van der Waals surface area (Å²) in [6.45, 7) is 3.72. The minimum absolute atomic E-state index is 0.0708. The van der Waals surface area contributed by atoms with E-state index in [1.54, 1.807) is 33.7 Å². The molecule has 0 aliphatic heterocycles. The van der Waals surface area contributed by atoms with Crippen molar-refractivity contribution in [1.29, 1.82) is 0 Å². The van der Waals surface area contributed by atoms with Gasteiger partial charge in [0, 0.05) is 22.7 Å². The number of amides is 1. The zero-order valence-corrected chi connectivity index (χ0v) is 21.2. The molecule has 1 aliphatic carbocycles. The van der Waals surface area contributed by atoms with E-state index in [0.29, 0.717) is 16.3 Å². The van der Waals surface area contributed by atoms with E-state index in [9.17, 15) is 26.4 Å². The van der Waals surface area contributed by atoms with E-state index in [1.807, 2.05) is 13.8 Å². The fourth-order valence-electron chi connectivity index (χ4n) is 4.06. The van der Waals surface area contributed by atoms with E-state index in [1.165, 1.54) is 18.3 Å². The Labute approximate surface area is 212 Å². The molecule has 0 atom stereocenters. The fourth-order valence-corrected chi connectivity index (χ4v) is 5.97. The lowest BCUT2D eigenvalue weighted by molar-refractivity contribution is -0.137. The van der Waals surface area contributed by atoms with Crippen LogP contribution in [-0.2, 0) is 28.3 Å². The van der Waals surface area contributed by atoms with Gasteiger partial charge in [-0.3, -0.25) is 4.79 Å². The molecule has 6 nitrogen and oxygen atoms in total. The maximum atomic E-state index is 13.3. The summed E-state index contributed by atoms with van der Waals surface area (Å²) in [7, 11) is -3.86. The van der Waals surface area contributed by atoms with Gasteiger partial charge in [-0.25, -0.2) is 13.4 Å². The van der Waals surface area contributed by atoms with Gasteiger partial charge in [0.05, 0.1) is 29.8 Å². The highest BCUT2D eigenvalue weighted by atomic mass is 35.5. The smallest absolute Gasteiger partial charge is 0.330 e. The molecule has 1 saturated carbocycles. The molecule has 0 saturated heterocycles. The molecule has 1 aromatic heterocycles. The van der Waals surface area contributed by atoms with Crippen molar-refractivity contribution in [3.63, 3.8) is 0 Å². The lowest BCUT2D eigenvalue weighted by atomic mass is 10.1. The molecule has 1 fully saturated rings. The number of alkyl halides is 3. The van der Waals surface area contributed by atoms with Crippen molar-refractivity contribution in [3.8, 4) is 0 Å². The summed E-state index contributed by atoms with van der Waals surface area (Å²) in [5.74, 6) is -0.740. The Morgan fingerprint density at radius 1 is 1.14 bits per heavy atom. The first kappa shape index (κ1) is 26.2. The van der Waals surface area contributed by atoms with Crippen LogP contribution in [0.15, 0.2) is 59.9 Å². The van der Waals surface area contributed by atoms with Gasteiger partial charge in [0.2, 0.25) is 15.0 Å². The number of rotatable bonds is 8. The summed E-state index contributed by atoms with van der Waals surface area (Å²) in [6.07, 6.45) is -1.53. The number of sulfone groups is 1. The van der Waals surface area contributed by atoms with Crippen LogP contribution in [0.4, 0.5) is 13.2 Å². The molecule has 0 unspecified atom stereocenters. The van der Waals surface area contributed by atoms with Crippen LogP contribution < -0.4 is 0 Å². The van der Waals surface area contributed by atoms with Crippen LogP contribution in [0.1, 0.15) is 59.9 Å². The van der Waals surface area contributed by atoms with Crippen LogP contribution in [0.2, 0.25) is 5.02 Å². The molecule has 2 aromatic carbocycles. The van der Waals surface area contributed by atoms with Crippen molar-refractivity contribution in [2.75, 3.05) is 0 Å². The van der Waals surface area contributed by atoms with E-state index in [4.69, 9.17) is 11.6 Å². The summed E-state index contributed by atoms with van der Waals surface area (Å²) < 4.78 is 66.9. The zero-order valence-electron chi connectivity index (χ0n) is 19.7. The average Bonchev–Trinajstić information content (AvgIpc) is 3.55. The normalized spacial score (nSPS) is 14.3. The van der Waals surface area contributed by atoms with Crippen molar-refractivity contribution in [2.24, 2.45) is 0 Å². The molecule has 1 aliphatic rings. The fraction of sp³-hybridized carbons (Fsp3) is 0.360. The predicted octanol–water partition coefficient (Wildman–Crippen LogP) is 5.91. The molecule has 36 heavy (non-hydrogen) atoms. The number of benzene rings is 2. The molecule has 4 rings (SSSR count). The highest BCUT2D eigenvalue weighted by Crippen LogP contribution is 2.33. The molecule has 0 spiro atoms. The first-order valence-electron chi connectivity index (χ1n) is 11.4. The van der Waals surface area contributed by atoms with Gasteiger partial charge in [0.15, 0.2) is 0 Å². The monoisotopic (exact) mass is 539 g/mol. The van der Waals surface area contributed by atoms with Crippen LogP contribution in [0.3, 0.4) is 0 Å². The minimum Gasteiger partial charge on any atom is -0.330 e. The van der Waals surface area contributed by atoms with Gasteiger partial charge in [-0.1, -0.05) is 29.8 Å². The van der Waals surface area contributed by atoms with Crippen LogP contribution in [-0.4, -0.2) is 34.8 Å². The summed E-state index contributed by atoms with van der Waals surface area (Å²) >= 11 is 6.17. The van der Waals surface area contributed by atoms with E-state index in [-0.39, 0.29) is 35.1 Å². The van der Waals surface area contributed by atoms with Crippen LogP contribution in [0, 0.1) is 0 Å². The number of hydrogen-bond acceptors (Lipinski definition) is 4. The SMILES string of the molecule is CC(C)n1c(CN(C(=O)c2ccc(C(F)(F)F)cc2)C2CC2)cnc1S(=O)(=O)Cc1ccccc1Cl. The number of hydrogen-bond donors (Lipinski definition) is 0. The first-order chi connectivity index (χ1) is 16.9. The van der Waals surface area contributed by atoms with E-state index < -0.39 is 27.5 Å². The van der Waals surface area contributed by atoms with Gasteiger partial charge >= 0.3 is 6.18 Å². The molecular formula is C25H25ClF3N3O3S. The second-order valence-electron chi connectivity index (χ2n) is 9.09. The molecule has 3 aromatic rings. The molecule has 1 amide bonds. The Balaban J connectivity index is 1.63. The second-order valence-corrected chi connectivity index (χ2v) is 11.4. The summed E-state index contributed by atoms with van der Waals surface area (Å²) in [5, 5.41) is 0.219. The quantitative estimate of drug-likeness (QED) is 0.356. The average molecular weight is 540 g/mol. The third-order valence-corrected chi connectivity index (χ3v) is 7.90. The molecule has 11 heteroatoms. The number of halogens is 4. The maximum Gasteiger partial charge on any atom is 0.416 e. The van der Waals surface area contributed by atoms with E-state index in [2.05, 4.69) is 4.98 Å². The Morgan fingerprint density at radius 3 is 2.33 bits per heavy atom. The summed E-state index contributed by atoms with van der Waals surface area (Å²) in [4.78, 5) is 19.0. The number of aromatic nitrogens is 2. The Morgan fingerprint density at radius 2 is 1.78 bits per heavy atom. The Kier molecular flexibility index (Phi) is 7.21. The lowest BCUT2D eigenvalue weighted by Gasteiger charge is -2.25. The molecular weight excluding hydrogens is 515 g/mol. The molecule has 0 N–H and O–H groups in total. The molecule has 0 bridgehead atoms. The largest absolute Gasteiger partial charge is 0.416 e. The zero-order chi connectivity index (χ0) is 26.3. The van der Waals surface area contributed by atoms with Crippen molar-refractivity contribution in [1.82, 2.24) is 14.5 Å². The van der Waals surface area contributed by atoms with Crippen molar-refractivity contribution >= 4 is 27.3 Å². The van der Waals surface area contributed by atoms with E-state index >= 15 is 0 Å². The maximum absolute atomic E-state index is 13.3. The van der Waals surface area contributed by atoms with E-state index in [0.717, 1.165) is 25.0 Å². The highest BCUT2D eigenvalue weighted by Gasteiger charge is 2.36. The van der Waals surface area contributed by atoms with Crippen LogP contribution in [0.25, 0.3) is 0 Å². The van der Waals surface area contributed by atoms with Gasteiger partial charge in [-0.15, -0.1) is 0 Å². The standard InChI is InChI=1S/C25H25ClF3N3O3S/c1-16(2)32-21(13-30-24(32)36(34,35)15-18-5-3-4-6-22(18)26)14-31(20-11-12-20)23(33)17-7-9-19(10-8-17)25(27,28)29/h3-10,13,16,20H,11-12,14-15H2,1-2H3. The van der Waals surface area contributed by atoms with Crippen LogP contribution >= 0.6 is 11.6 Å². The van der Waals surface area contributed by atoms with Crippen molar-refractivity contribution < 1.29 is 26.4 Å². The van der Waals surface area contributed by atoms with Gasteiger partial charge in [0.25, 0.3) is 5.91 Å². The molecule has 1 heterocycles. The topological polar surface area (TPSA) is 72.3 Å². The predicted molar refractivity (Wildman–Crippen MR) is 129 cm³/mol.